The molecule has 0 aromatic heterocycles. The number of rotatable bonds is 8. The number of aromatic carboxylic acids is 2. The number of carbonyl (C=O) groups is 7. The first kappa shape index (κ1) is 60.7. The van der Waals surface area contributed by atoms with Crippen LogP contribution in [0.4, 0.5) is 0 Å². The van der Waals surface area contributed by atoms with Crippen molar-refractivity contribution in [2.45, 2.75) is 30.7 Å². The van der Waals surface area contributed by atoms with Crippen LogP contribution in [-0.4, -0.2) is 186 Å². The lowest BCUT2D eigenvalue weighted by Gasteiger charge is -2.44. The Balaban J connectivity index is 1.26. The summed E-state index contributed by atoms with van der Waals surface area (Å²) in [6.45, 7) is -1.54. The zero-order chi connectivity index (χ0) is 66.6. The Bertz CT molecular complexity index is 4410. The molecule has 1 fully saturated rings. The lowest BCUT2D eigenvalue weighted by Crippen LogP contribution is -2.63. The van der Waals surface area contributed by atoms with E-state index < -0.39 is 273 Å². The van der Waals surface area contributed by atoms with E-state index in [0.29, 0.717) is 36.4 Å². The number of hydrogen-bond acceptors (Lipinski definition) is 34. The van der Waals surface area contributed by atoms with Crippen LogP contribution in [0.25, 0.3) is 22.3 Å². The third-order valence-corrected chi connectivity index (χ3v) is 13.9. The SMILES string of the molecule is O=C(O)c1cc(O)c(O)c(Oc2c(O)c(O)c(O)c3c2C(=O)O[C@H]2[C@H](OC(=O)c4cc(O)c(O)c(O)c4)O[C@@H]4COC(=O)c5cc(O)c(O)c(O)c5-c5c(O)c(O)c(O)c(Oc6cc(C(=O)O)cc(O)c6O)c5C(=O)O[C@H]4[C@@H]2OC(=O)c2cc(O)c(O)c(O)c2-3)c1. The van der Waals surface area contributed by atoms with Crippen molar-refractivity contribution in [2.24, 2.45) is 0 Å². The van der Waals surface area contributed by atoms with Gasteiger partial charge in [0.15, 0.2) is 98.5 Å². The topological polar surface area (TPSA) is 618 Å². The number of carbonyl (C=O) groups excluding carboxylic acids is 5. The maximum absolute atomic E-state index is 15.5. The second-order valence-electron chi connectivity index (χ2n) is 19.3. The molecule has 7 aromatic carbocycles. The third-order valence-electron chi connectivity index (χ3n) is 13.9. The second kappa shape index (κ2) is 21.8. The highest BCUT2D eigenvalue weighted by Gasteiger charge is 2.57. The van der Waals surface area contributed by atoms with E-state index >= 15 is 14.4 Å². The van der Waals surface area contributed by atoms with Gasteiger partial charge in [-0.25, -0.2) is 33.6 Å². The Hall–Kier alpha value is -13.4. The monoisotopic (exact) mass is 1270 g/mol. The molecule has 36 heteroatoms. The first-order valence-corrected chi connectivity index (χ1v) is 24.8. The summed E-state index contributed by atoms with van der Waals surface area (Å²) in [5.74, 6) is -49.7. The molecule has 0 radical (unpaired) electrons. The number of fused-ring (bicyclic) bond motifs is 9. The normalized spacial score (nSPS) is 17.6. The highest BCUT2D eigenvalue weighted by Crippen LogP contribution is 2.61. The molecule has 0 bridgehead atoms. The van der Waals surface area contributed by atoms with Gasteiger partial charge < -0.3 is 145 Å². The predicted octanol–water partition coefficient (Wildman–Crippen LogP) is 3.45. The van der Waals surface area contributed by atoms with Gasteiger partial charge in [-0.05, 0) is 48.5 Å². The van der Waals surface area contributed by atoms with E-state index in [1.54, 1.807) is 0 Å². The molecule has 0 amide bonds. The van der Waals surface area contributed by atoms with E-state index in [1.807, 2.05) is 0 Å². The number of benzene rings is 7. The van der Waals surface area contributed by atoms with Crippen LogP contribution >= 0.6 is 0 Å². The van der Waals surface area contributed by atoms with Crippen molar-refractivity contribution < 1.29 is 179 Å². The number of carboxylic acids is 2. The maximum Gasteiger partial charge on any atom is 0.343 e. The van der Waals surface area contributed by atoms with Crippen molar-refractivity contribution in [1.82, 2.24) is 0 Å². The molecule has 36 nitrogen and oxygen atoms in total. The first-order valence-electron chi connectivity index (χ1n) is 24.8. The van der Waals surface area contributed by atoms with Gasteiger partial charge in [0.2, 0.25) is 58.4 Å². The van der Waals surface area contributed by atoms with E-state index in [-0.39, 0.29) is 12.1 Å². The molecule has 0 spiro atoms. The number of aromatic hydroxyl groups is 19. The summed E-state index contributed by atoms with van der Waals surface area (Å²) in [6.07, 6.45) is -14.3. The second-order valence-corrected chi connectivity index (χ2v) is 19.3. The maximum atomic E-state index is 15.5. The van der Waals surface area contributed by atoms with E-state index in [0.717, 1.165) is 0 Å². The van der Waals surface area contributed by atoms with Crippen LogP contribution in [0.15, 0.2) is 48.5 Å². The van der Waals surface area contributed by atoms with Crippen molar-refractivity contribution in [2.75, 3.05) is 6.61 Å². The molecule has 5 atom stereocenters. The number of phenols is 19. The molecule has 0 saturated carbocycles. The molecule has 472 valence electrons. The fourth-order valence-corrected chi connectivity index (χ4v) is 9.57. The van der Waals surface area contributed by atoms with Crippen LogP contribution < -0.4 is 9.47 Å². The van der Waals surface area contributed by atoms with Crippen molar-refractivity contribution >= 4 is 41.8 Å². The van der Waals surface area contributed by atoms with Gasteiger partial charge in [0.25, 0.3) is 0 Å². The van der Waals surface area contributed by atoms with Crippen LogP contribution in [0.2, 0.25) is 0 Å². The van der Waals surface area contributed by atoms with Gasteiger partial charge in [0.1, 0.15) is 23.8 Å². The van der Waals surface area contributed by atoms with Crippen molar-refractivity contribution in [3.8, 4) is 154 Å². The van der Waals surface area contributed by atoms with Gasteiger partial charge in [-0.3, -0.25) is 0 Å². The lowest BCUT2D eigenvalue weighted by atomic mass is 9.90. The molecule has 10 rings (SSSR count). The highest BCUT2D eigenvalue weighted by atomic mass is 16.7. The van der Waals surface area contributed by atoms with Crippen molar-refractivity contribution in [1.29, 1.82) is 0 Å². The van der Waals surface area contributed by atoms with Gasteiger partial charge in [-0.15, -0.1) is 0 Å². The number of esters is 5. The molecule has 7 aromatic rings. The molecule has 21 N–H and O–H groups in total. The van der Waals surface area contributed by atoms with Crippen molar-refractivity contribution in [3.63, 3.8) is 0 Å². The summed E-state index contributed by atoms with van der Waals surface area (Å²) in [5, 5.41) is 229. The average molecular weight is 1270 g/mol. The third kappa shape index (κ3) is 9.89. The van der Waals surface area contributed by atoms with Crippen LogP contribution in [0, 0.1) is 0 Å². The van der Waals surface area contributed by atoms with Crippen LogP contribution in [-0.2, 0) is 28.4 Å². The minimum Gasteiger partial charge on any atom is -0.504 e. The van der Waals surface area contributed by atoms with Gasteiger partial charge >= 0.3 is 41.8 Å². The molecule has 3 heterocycles. The van der Waals surface area contributed by atoms with Crippen LogP contribution in [0.1, 0.15) is 72.5 Å². The fraction of sp³-hybridized carbons (Fsp3) is 0.109. The van der Waals surface area contributed by atoms with Crippen molar-refractivity contribution in [3.05, 3.63) is 87.5 Å². The number of hydrogen-bond donors (Lipinski definition) is 21. The van der Waals surface area contributed by atoms with E-state index in [2.05, 4.69) is 0 Å². The van der Waals surface area contributed by atoms with E-state index in [4.69, 9.17) is 37.9 Å². The number of phenolic OH excluding ortho intramolecular Hbond substituents is 19. The lowest BCUT2D eigenvalue weighted by molar-refractivity contribution is -0.282. The predicted molar refractivity (Wildman–Crippen MR) is 281 cm³/mol. The van der Waals surface area contributed by atoms with Gasteiger partial charge in [0.05, 0.1) is 38.9 Å². The minimum absolute atomic E-state index is 0.199. The molecule has 1 saturated heterocycles. The van der Waals surface area contributed by atoms with E-state index in [1.165, 1.54) is 0 Å². The molecule has 0 aliphatic carbocycles. The Labute approximate surface area is 498 Å². The fourth-order valence-electron chi connectivity index (χ4n) is 9.57. The smallest absolute Gasteiger partial charge is 0.343 e. The molecule has 91 heavy (non-hydrogen) atoms. The van der Waals surface area contributed by atoms with Gasteiger partial charge in [-0.1, -0.05) is 0 Å². The Morgan fingerprint density at radius 2 is 0.736 bits per heavy atom. The summed E-state index contributed by atoms with van der Waals surface area (Å²) >= 11 is 0. The summed E-state index contributed by atoms with van der Waals surface area (Å²) in [4.78, 5) is 98.9. The minimum atomic E-state index is -2.99. The van der Waals surface area contributed by atoms with E-state index in [9.17, 15) is 126 Å². The average Bonchev–Trinajstić information content (AvgIpc) is 1.38. The summed E-state index contributed by atoms with van der Waals surface area (Å²) in [5.41, 5.74) is -14.8. The van der Waals surface area contributed by atoms with Gasteiger partial charge in [-0.2, -0.15) is 0 Å². The molecule has 3 aliphatic heterocycles. The molecular formula is C55H36O36. The molecule has 0 unspecified atom stereocenters. The molecular weight excluding hydrogens is 1240 g/mol. The summed E-state index contributed by atoms with van der Waals surface area (Å²) in [7, 11) is 0. The highest BCUT2D eigenvalue weighted by molar-refractivity contribution is 6.12. The summed E-state index contributed by atoms with van der Waals surface area (Å²) < 4.78 is 45.3. The Morgan fingerprint density at radius 3 is 1.18 bits per heavy atom. The zero-order valence-corrected chi connectivity index (χ0v) is 44.2. The number of ether oxygens (including phenoxy) is 8. The largest absolute Gasteiger partial charge is 0.504 e. The summed E-state index contributed by atoms with van der Waals surface area (Å²) in [6, 6.07) is 3.07. The zero-order valence-electron chi connectivity index (χ0n) is 44.2. The number of carboxylic acid groups (broad SMARTS) is 2. The van der Waals surface area contributed by atoms with Crippen LogP contribution in [0.3, 0.4) is 0 Å². The first-order chi connectivity index (χ1) is 42.7. The standard InChI is InChI=1S/C55H36O36/c56-15-3-12(4-16(57)30(15)62)50(79)91-55-47-46(89-52(81)14-8-20(61)34(66)36(68)25(14)27-29(54(83)90-47)45(42(74)40(72)38(27)70)86-22-6-11(49(77)78)2-18(59)32(22)64)43-23(87-55)9-84-51(80)13-7-19(60)33(65)35(67)24(13)26-28(53(82)88-43)44(41(73)39(71)37(26)69)85-21-5-10(48(75)76)1-17(58)31(21)63/h1-8,23,43,46-47,55-74H,9H2,(H,75,76)(H,77,78)/t23-,43-,46+,47-,55+/m1/s1. The quantitative estimate of drug-likeness (QED) is 0.0588. The Morgan fingerprint density at radius 1 is 0.363 bits per heavy atom. The molecule has 3 aliphatic rings. The Kier molecular flexibility index (Phi) is 14.6. The number of cyclic esters (lactones) is 1. The van der Waals surface area contributed by atoms with Crippen LogP contribution in [0.5, 0.6) is 132 Å². The van der Waals surface area contributed by atoms with Gasteiger partial charge in [0, 0.05) is 11.1 Å².